The van der Waals surface area contributed by atoms with Crippen molar-refractivity contribution in [3.63, 3.8) is 0 Å². The van der Waals surface area contributed by atoms with Gasteiger partial charge in [0.25, 0.3) is 0 Å². The van der Waals surface area contributed by atoms with Gasteiger partial charge in [-0.05, 0) is 55.4 Å². The minimum absolute atomic E-state index is 0.203. The van der Waals surface area contributed by atoms with E-state index in [1.165, 1.54) is 17.7 Å². The molecule has 0 amide bonds. The van der Waals surface area contributed by atoms with Crippen LogP contribution in [-0.2, 0) is 0 Å². The number of benzene rings is 2. The summed E-state index contributed by atoms with van der Waals surface area (Å²) in [6, 6.07) is 13.2. The first-order chi connectivity index (χ1) is 9.60. The van der Waals surface area contributed by atoms with Crippen molar-refractivity contribution in [3.05, 3.63) is 58.3 Å². The molecule has 0 fully saturated rings. The fraction of sp³-hybridized carbons (Fsp3) is 0.250. The molecule has 0 saturated heterocycles. The standard InChI is InChI=1S/C16H17BrFNS/c1-3-19-11(2)15-9-8-14(10-16(15)17)20-13-6-4-12(18)5-7-13/h4-11,19H,3H2,1-2H3. The Labute approximate surface area is 132 Å². The van der Waals surface area contributed by atoms with E-state index in [-0.39, 0.29) is 5.82 Å². The molecule has 0 saturated carbocycles. The maximum absolute atomic E-state index is 12.9. The molecule has 4 heteroatoms. The number of hydrogen-bond donors (Lipinski definition) is 1. The molecule has 20 heavy (non-hydrogen) atoms. The zero-order valence-electron chi connectivity index (χ0n) is 11.5. The Kier molecular flexibility index (Phi) is 5.64. The summed E-state index contributed by atoms with van der Waals surface area (Å²) in [4.78, 5) is 2.17. The van der Waals surface area contributed by atoms with E-state index in [1.54, 1.807) is 23.9 Å². The average Bonchev–Trinajstić information content (AvgIpc) is 2.42. The molecule has 2 rings (SSSR count). The van der Waals surface area contributed by atoms with Crippen LogP contribution in [0.4, 0.5) is 4.39 Å². The van der Waals surface area contributed by atoms with E-state index in [0.717, 1.165) is 20.8 Å². The maximum atomic E-state index is 12.9. The molecule has 0 aliphatic heterocycles. The molecular weight excluding hydrogens is 337 g/mol. The third-order valence-electron chi connectivity index (χ3n) is 3.00. The van der Waals surface area contributed by atoms with Crippen LogP contribution in [0.2, 0.25) is 0 Å². The Morgan fingerprint density at radius 2 is 1.80 bits per heavy atom. The van der Waals surface area contributed by atoms with Crippen molar-refractivity contribution < 1.29 is 4.39 Å². The molecule has 0 bridgehead atoms. The van der Waals surface area contributed by atoms with Crippen LogP contribution >= 0.6 is 27.7 Å². The van der Waals surface area contributed by atoms with Crippen molar-refractivity contribution in [2.45, 2.75) is 29.7 Å². The molecule has 1 unspecified atom stereocenters. The van der Waals surface area contributed by atoms with Gasteiger partial charge < -0.3 is 5.32 Å². The highest BCUT2D eigenvalue weighted by molar-refractivity contribution is 9.10. The summed E-state index contributed by atoms with van der Waals surface area (Å²) in [5, 5.41) is 3.40. The molecule has 1 N–H and O–H groups in total. The van der Waals surface area contributed by atoms with Crippen LogP contribution in [0.25, 0.3) is 0 Å². The van der Waals surface area contributed by atoms with E-state index in [9.17, 15) is 4.39 Å². The van der Waals surface area contributed by atoms with Crippen molar-refractivity contribution in [2.75, 3.05) is 6.54 Å². The van der Waals surface area contributed by atoms with E-state index < -0.39 is 0 Å². The molecule has 0 aromatic heterocycles. The topological polar surface area (TPSA) is 12.0 Å². The molecule has 0 heterocycles. The second-order valence-corrected chi connectivity index (χ2v) is 6.52. The molecule has 0 radical (unpaired) electrons. The van der Waals surface area contributed by atoms with Gasteiger partial charge in [0, 0.05) is 20.3 Å². The third-order valence-corrected chi connectivity index (χ3v) is 4.68. The zero-order chi connectivity index (χ0) is 14.5. The first-order valence-electron chi connectivity index (χ1n) is 6.56. The lowest BCUT2D eigenvalue weighted by Gasteiger charge is -2.15. The van der Waals surface area contributed by atoms with Crippen molar-refractivity contribution in [1.82, 2.24) is 5.32 Å². The first kappa shape index (κ1) is 15.5. The lowest BCUT2D eigenvalue weighted by molar-refractivity contribution is 0.595. The summed E-state index contributed by atoms with van der Waals surface area (Å²) in [6.45, 7) is 5.19. The van der Waals surface area contributed by atoms with E-state index in [1.807, 2.05) is 0 Å². The highest BCUT2D eigenvalue weighted by Gasteiger charge is 2.09. The van der Waals surface area contributed by atoms with E-state index in [0.29, 0.717) is 6.04 Å². The van der Waals surface area contributed by atoms with Crippen molar-refractivity contribution in [2.24, 2.45) is 0 Å². The highest BCUT2D eigenvalue weighted by atomic mass is 79.9. The number of halogens is 2. The molecule has 1 atom stereocenters. The van der Waals surface area contributed by atoms with Gasteiger partial charge >= 0.3 is 0 Å². The molecule has 1 nitrogen and oxygen atoms in total. The number of nitrogens with one attached hydrogen (secondary N) is 1. The largest absolute Gasteiger partial charge is 0.310 e. The predicted molar refractivity (Wildman–Crippen MR) is 86.8 cm³/mol. The average molecular weight is 354 g/mol. The van der Waals surface area contributed by atoms with Crippen LogP contribution in [0.1, 0.15) is 25.5 Å². The molecule has 0 aliphatic rings. The van der Waals surface area contributed by atoms with E-state index >= 15 is 0 Å². The van der Waals surface area contributed by atoms with Crippen molar-refractivity contribution in [1.29, 1.82) is 0 Å². The van der Waals surface area contributed by atoms with Gasteiger partial charge in [-0.25, -0.2) is 4.39 Å². The molecule has 2 aromatic rings. The van der Waals surface area contributed by atoms with Crippen LogP contribution in [0.5, 0.6) is 0 Å². The minimum atomic E-state index is -0.203. The van der Waals surface area contributed by atoms with Crippen molar-refractivity contribution >= 4 is 27.7 Å². The Balaban J connectivity index is 2.14. The second kappa shape index (κ2) is 7.25. The van der Waals surface area contributed by atoms with Crippen LogP contribution in [0, 0.1) is 5.82 Å². The van der Waals surface area contributed by atoms with Gasteiger partial charge in [-0.15, -0.1) is 0 Å². The zero-order valence-corrected chi connectivity index (χ0v) is 13.9. The lowest BCUT2D eigenvalue weighted by Crippen LogP contribution is -2.17. The van der Waals surface area contributed by atoms with Gasteiger partial charge in [0.05, 0.1) is 0 Å². The Bertz CT molecular complexity index is 571. The van der Waals surface area contributed by atoms with Gasteiger partial charge in [0.2, 0.25) is 0 Å². The van der Waals surface area contributed by atoms with Gasteiger partial charge in [0.15, 0.2) is 0 Å². The first-order valence-corrected chi connectivity index (χ1v) is 8.17. The van der Waals surface area contributed by atoms with Gasteiger partial charge in [-0.2, -0.15) is 0 Å². The minimum Gasteiger partial charge on any atom is -0.310 e. The summed E-state index contributed by atoms with van der Waals surface area (Å²) < 4.78 is 14.0. The summed E-state index contributed by atoms with van der Waals surface area (Å²) in [7, 11) is 0. The lowest BCUT2D eigenvalue weighted by atomic mass is 10.1. The maximum Gasteiger partial charge on any atom is 0.123 e. The highest BCUT2D eigenvalue weighted by Crippen LogP contribution is 2.32. The van der Waals surface area contributed by atoms with Crippen LogP contribution < -0.4 is 5.32 Å². The van der Waals surface area contributed by atoms with Crippen LogP contribution in [0.15, 0.2) is 56.7 Å². The number of rotatable bonds is 5. The molecule has 0 spiro atoms. The third kappa shape index (κ3) is 4.08. The summed E-state index contributed by atoms with van der Waals surface area (Å²) in [6.07, 6.45) is 0. The Hall–Kier alpha value is -0.840. The molecule has 0 aliphatic carbocycles. The normalized spacial score (nSPS) is 12.4. The fourth-order valence-electron chi connectivity index (χ4n) is 1.98. The van der Waals surface area contributed by atoms with Gasteiger partial charge in [-0.1, -0.05) is 40.7 Å². The Morgan fingerprint density at radius 1 is 1.15 bits per heavy atom. The van der Waals surface area contributed by atoms with Gasteiger partial charge in [0.1, 0.15) is 5.82 Å². The number of hydrogen-bond acceptors (Lipinski definition) is 2. The molecular formula is C16H17BrFNS. The second-order valence-electron chi connectivity index (χ2n) is 4.52. The SMILES string of the molecule is CCNC(C)c1ccc(Sc2ccc(F)cc2)cc1Br. The monoisotopic (exact) mass is 353 g/mol. The fourth-order valence-corrected chi connectivity index (χ4v) is 3.71. The Morgan fingerprint density at radius 3 is 2.40 bits per heavy atom. The van der Waals surface area contributed by atoms with Gasteiger partial charge in [-0.3, -0.25) is 0 Å². The van der Waals surface area contributed by atoms with Crippen LogP contribution in [-0.4, -0.2) is 6.54 Å². The quantitative estimate of drug-likeness (QED) is 0.771. The summed E-state index contributed by atoms with van der Waals surface area (Å²) in [5.74, 6) is -0.203. The van der Waals surface area contributed by atoms with Crippen molar-refractivity contribution in [3.8, 4) is 0 Å². The van der Waals surface area contributed by atoms with E-state index in [2.05, 4.69) is 53.3 Å². The smallest absolute Gasteiger partial charge is 0.123 e. The predicted octanol–water partition coefficient (Wildman–Crippen LogP) is 5.41. The van der Waals surface area contributed by atoms with Crippen LogP contribution in [0.3, 0.4) is 0 Å². The summed E-state index contributed by atoms with van der Waals surface area (Å²) in [5.41, 5.74) is 1.25. The molecule has 2 aromatic carbocycles. The molecule has 106 valence electrons. The summed E-state index contributed by atoms with van der Waals surface area (Å²) >= 11 is 5.26. The van der Waals surface area contributed by atoms with E-state index in [4.69, 9.17) is 0 Å².